The number of anilines is 2. The number of para-hydroxylation sites is 1. The van der Waals surface area contributed by atoms with Crippen LogP contribution in [0.4, 0.5) is 15.8 Å². The zero-order chi connectivity index (χ0) is 19.5. The van der Waals surface area contributed by atoms with E-state index in [1.807, 2.05) is 37.3 Å². The lowest BCUT2D eigenvalue weighted by atomic mass is 10.0. The van der Waals surface area contributed by atoms with E-state index in [-0.39, 0.29) is 5.82 Å². The van der Waals surface area contributed by atoms with E-state index in [0.29, 0.717) is 11.2 Å². The third-order valence-corrected chi connectivity index (χ3v) is 5.30. The first kappa shape index (κ1) is 18.6. The second kappa shape index (κ2) is 8.10. The van der Waals surface area contributed by atoms with Crippen molar-refractivity contribution in [2.45, 2.75) is 25.8 Å². The number of aromatic nitrogens is 1. The number of hydrogen-bond donors (Lipinski definition) is 2. The highest BCUT2D eigenvalue weighted by atomic mass is 32.1. The largest absolute Gasteiger partial charge is 0.371 e. The van der Waals surface area contributed by atoms with Crippen LogP contribution < -0.4 is 15.5 Å². The van der Waals surface area contributed by atoms with Gasteiger partial charge in [0.25, 0.3) is 0 Å². The zero-order valence-corrected chi connectivity index (χ0v) is 16.6. The minimum absolute atomic E-state index is 0.228. The molecule has 4 rings (SSSR count). The first-order valence-electron chi connectivity index (χ1n) is 9.53. The number of thiocarbonyl (C=S) groups is 1. The van der Waals surface area contributed by atoms with Gasteiger partial charge in [-0.15, -0.1) is 0 Å². The quantitative estimate of drug-likeness (QED) is 0.634. The number of fused-ring (bicyclic) bond motifs is 1. The summed E-state index contributed by atoms with van der Waals surface area (Å²) in [6, 6.07) is 17.1. The van der Waals surface area contributed by atoms with Gasteiger partial charge in [0, 0.05) is 41.6 Å². The van der Waals surface area contributed by atoms with Gasteiger partial charge < -0.3 is 15.5 Å². The maximum Gasteiger partial charge on any atom is 0.170 e. The lowest BCUT2D eigenvalue weighted by molar-refractivity contribution is 0.468. The smallest absolute Gasteiger partial charge is 0.170 e. The Bertz CT molecular complexity index is 984. The van der Waals surface area contributed by atoms with Crippen LogP contribution in [0.1, 0.15) is 18.5 Å². The number of benzene rings is 2. The average molecular weight is 395 g/mol. The van der Waals surface area contributed by atoms with Crippen molar-refractivity contribution in [2.75, 3.05) is 23.3 Å². The average Bonchev–Trinajstić information content (AvgIpc) is 2.69. The molecule has 0 amide bonds. The third-order valence-electron chi connectivity index (χ3n) is 5.08. The molecule has 1 aliphatic rings. The summed E-state index contributed by atoms with van der Waals surface area (Å²) in [5.41, 5.74) is 3.83. The number of nitrogens with one attached hydrogen (secondary N) is 2. The van der Waals surface area contributed by atoms with Gasteiger partial charge in [-0.3, -0.25) is 4.98 Å². The Labute approximate surface area is 169 Å². The Hall–Kier alpha value is -2.73. The van der Waals surface area contributed by atoms with Crippen molar-refractivity contribution in [3.05, 3.63) is 66.1 Å². The summed E-state index contributed by atoms with van der Waals surface area (Å²) >= 11 is 5.45. The summed E-state index contributed by atoms with van der Waals surface area (Å²) in [5, 5.41) is 8.17. The molecule has 3 aromatic rings. The minimum Gasteiger partial charge on any atom is -0.371 e. The topological polar surface area (TPSA) is 40.2 Å². The molecule has 144 valence electrons. The molecule has 2 aromatic carbocycles. The lowest BCUT2D eigenvalue weighted by Crippen LogP contribution is -2.46. The van der Waals surface area contributed by atoms with Gasteiger partial charge in [-0.1, -0.05) is 18.2 Å². The highest BCUT2D eigenvalue weighted by molar-refractivity contribution is 7.80. The molecule has 1 aromatic heterocycles. The monoisotopic (exact) mass is 394 g/mol. The fourth-order valence-electron chi connectivity index (χ4n) is 3.71. The van der Waals surface area contributed by atoms with Crippen LogP contribution in [-0.2, 0) is 0 Å². The van der Waals surface area contributed by atoms with E-state index in [2.05, 4.69) is 26.6 Å². The van der Waals surface area contributed by atoms with E-state index >= 15 is 0 Å². The van der Waals surface area contributed by atoms with Crippen molar-refractivity contribution in [1.29, 1.82) is 0 Å². The summed E-state index contributed by atoms with van der Waals surface area (Å²) in [6.07, 6.45) is 1.93. The van der Waals surface area contributed by atoms with E-state index in [1.54, 1.807) is 12.1 Å². The van der Waals surface area contributed by atoms with E-state index < -0.39 is 0 Å². The van der Waals surface area contributed by atoms with Crippen LogP contribution in [0, 0.1) is 12.7 Å². The van der Waals surface area contributed by atoms with Crippen LogP contribution in [0.5, 0.6) is 0 Å². The van der Waals surface area contributed by atoms with Gasteiger partial charge in [0.1, 0.15) is 5.82 Å². The Morgan fingerprint density at radius 3 is 2.61 bits per heavy atom. The minimum atomic E-state index is -0.228. The van der Waals surface area contributed by atoms with E-state index in [0.717, 1.165) is 53.9 Å². The van der Waals surface area contributed by atoms with Crippen molar-refractivity contribution >= 4 is 39.6 Å². The number of piperidine rings is 1. The number of nitrogens with zero attached hydrogens (tertiary/aromatic N) is 2. The van der Waals surface area contributed by atoms with Crippen LogP contribution in [-0.4, -0.2) is 29.2 Å². The molecule has 0 unspecified atom stereocenters. The molecule has 0 saturated carbocycles. The predicted octanol–water partition coefficient (Wildman–Crippen LogP) is 4.64. The predicted molar refractivity (Wildman–Crippen MR) is 117 cm³/mol. The Morgan fingerprint density at radius 2 is 1.86 bits per heavy atom. The molecule has 0 aliphatic carbocycles. The molecular formula is C22H23FN4S. The molecule has 1 aliphatic heterocycles. The zero-order valence-electron chi connectivity index (χ0n) is 15.8. The Kier molecular flexibility index (Phi) is 5.39. The molecule has 2 N–H and O–H groups in total. The number of halogens is 1. The molecule has 1 saturated heterocycles. The standard InChI is InChI=1S/C22H23FN4S/c1-15-13-21(19-14-16(23)7-8-20(19)24-15)27-11-9-18(10-12-27)26-22(28)25-17-5-3-2-4-6-17/h2-8,13-14,18H,9-12H2,1H3,(H2,25,26,28). The summed E-state index contributed by atoms with van der Waals surface area (Å²) in [7, 11) is 0. The number of aryl methyl sites for hydroxylation is 1. The Morgan fingerprint density at radius 1 is 1.11 bits per heavy atom. The first-order chi connectivity index (χ1) is 13.6. The molecule has 0 spiro atoms. The van der Waals surface area contributed by atoms with E-state index in [9.17, 15) is 4.39 Å². The molecular weight excluding hydrogens is 371 g/mol. The van der Waals surface area contributed by atoms with Crippen molar-refractivity contribution in [2.24, 2.45) is 0 Å². The molecule has 0 bridgehead atoms. The van der Waals surface area contributed by atoms with Crippen LogP contribution in [0.3, 0.4) is 0 Å². The lowest BCUT2D eigenvalue weighted by Gasteiger charge is -2.35. The molecule has 28 heavy (non-hydrogen) atoms. The van der Waals surface area contributed by atoms with Crippen molar-refractivity contribution in [3.8, 4) is 0 Å². The maximum atomic E-state index is 13.8. The van der Waals surface area contributed by atoms with Gasteiger partial charge in [0.15, 0.2) is 5.11 Å². The SMILES string of the molecule is Cc1cc(N2CCC(NC(=S)Nc3ccccc3)CC2)c2cc(F)ccc2n1. The molecule has 1 fully saturated rings. The number of hydrogen-bond acceptors (Lipinski definition) is 3. The van der Waals surface area contributed by atoms with Gasteiger partial charge in [-0.05, 0) is 68.4 Å². The second-order valence-electron chi connectivity index (χ2n) is 7.17. The van der Waals surface area contributed by atoms with Crippen LogP contribution in [0.2, 0.25) is 0 Å². The molecule has 4 nitrogen and oxygen atoms in total. The Balaban J connectivity index is 1.41. The van der Waals surface area contributed by atoms with Gasteiger partial charge in [0.2, 0.25) is 0 Å². The molecule has 2 heterocycles. The fourth-order valence-corrected chi connectivity index (χ4v) is 3.99. The van der Waals surface area contributed by atoms with Gasteiger partial charge in [-0.2, -0.15) is 0 Å². The van der Waals surface area contributed by atoms with Crippen molar-refractivity contribution in [3.63, 3.8) is 0 Å². The van der Waals surface area contributed by atoms with Gasteiger partial charge in [0.05, 0.1) is 5.52 Å². The summed E-state index contributed by atoms with van der Waals surface area (Å²) in [4.78, 5) is 6.86. The maximum absolute atomic E-state index is 13.8. The highest BCUT2D eigenvalue weighted by Crippen LogP contribution is 2.29. The van der Waals surface area contributed by atoms with Gasteiger partial charge >= 0.3 is 0 Å². The molecule has 0 atom stereocenters. The van der Waals surface area contributed by atoms with E-state index in [4.69, 9.17) is 12.2 Å². The van der Waals surface area contributed by atoms with Crippen LogP contribution >= 0.6 is 12.2 Å². The summed E-state index contributed by atoms with van der Waals surface area (Å²) < 4.78 is 13.8. The molecule has 0 radical (unpaired) electrons. The second-order valence-corrected chi connectivity index (χ2v) is 7.58. The van der Waals surface area contributed by atoms with Crippen molar-refractivity contribution in [1.82, 2.24) is 10.3 Å². The summed E-state index contributed by atoms with van der Waals surface area (Å²) in [6.45, 7) is 3.76. The third kappa shape index (κ3) is 4.22. The molecule has 6 heteroatoms. The van der Waals surface area contributed by atoms with Crippen LogP contribution in [0.25, 0.3) is 10.9 Å². The highest BCUT2D eigenvalue weighted by Gasteiger charge is 2.22. The van der Waals surface area contributed by atoms with Crippen LogP contribution in [0.15, 0.2) is 54.6 Å². The summed E-state index contributed by atoms with van der Waals surface area (Å²) in [5.74, 6) is -0.228. The number of rotatable bonds is 3. The fraction of sp³-hybridized carbons (Fsp3) is 0.273. The van der Waals surface area contributed by atoms with E-state index in [1.165, 1.54) is 6.07 Å². The normalized spacial score (nSPS) is 14.9. The van der Waals surface area contributed by atoms with Gasteiger partial charge in [-0.25, -0.2) is 4.39 Å². The number of pyridine rings is 1. The van der Waals surface area contributed by atoms with Crippen molar-refractivity contribution < 1.29 is 4.39 Å². The first-order valence-corrected chi connectivity index (χ1v) is 9.94.